The predicted molar refractivity (Wildman–Crippen MR) is 92.4 cm³/mol. The number of carbonyl (C=O) groups is 2. The normalized spacial score (nSPS) is 37.6. The van der Waals surface area contributed by atoms with E-state index in [1.807, 2.05) is 13.0 Å². The molecule has 3 rings (SSSR count). The third-order valence-electron chi connectivity index (χ3n) is 5.57. The Morgan fingerprint density at radius 3 is 2.84 bits per heavy atom. The highest BCUT2D eigenvalue weighted by Gasteiger charge is 2.56. The highest BCUT2D eigenvalue weighted by Crippen LogP contribution is 2.50. The number of ether oxygens (including phenoxy) is 2. The molecule has 0 aromatic carbocycles. The molecule has 1 N–H and O–H groups in total. The first-order valence-corrected chi connectivity index (χ1v) is 8.52. The number of allylic oxidation sites excluding steroid dienone is 2. The lowest BCUT2D eigenvalue weighted by Gasteiger charge is -2.33. The van der Waals surface area contributed by atoms with Gasteiger partial charge in [-0.3, -0.25) is 0 Å². The Kier molecular flexibility index (Phi) is 4.23. The number of hydrogen-bond donors (Lipinski definition) is 1. The Hall–Kier alpha value is -2.14. The summed E-state index contributed by atoms with van der Waals surface area (Å²) < 4.78 is 11.3. The van der Waals surface area contributed by atoms with Crippen LogP contribution in [0.25, 0.3) is 0 Å². The highest BCUT2D eigenvalue weighted by atomic mass is 16.6. The minimum Gasteiger partial charge on any atom is -0.458 e. The van der Waals surface area contributed by atoms with E-state index in [9.17, 15) is 14.7 Å². The Balaban J connectivity index is 2.03. The van der Waals surface area contributed by atoms with E-state index in [1.54, 1.807) is 32.9 Å². The van der Waals surface area contributed by atoms with Crippen LogP contribution >= 0.6 is 0 Å². The maximum absolute atomic E-state index is 12.3. The van der Waals surface area contributed by atoms with Crippen LogP contribution in [-0.2, 0) is 19.1 Å². The molecule has 0 radical (unpaired) electrons. The van der Waals surface area contributed by atoms with Crippen LogP contribution in [0.5, 0.6) is 0 Å². The first-order chi connectivity index (χ1) is 11.7. The molecule has 5 heteroatoms. The number of hydrogen-bond acceptors (Lipinski definition) is 5. The topological polar surface area (TPSA) is 72.8 Å². The summed E-state index contributed by atoms with van der Waals surface area (Å²) in [4.78, 5) is 24.5. The van der Waals surface area contributed by atoms with Gasteiger partial charge in [0, 0.05) is 17.6 Å². The molecule has 0 aromatic rings. The van der Waals surface area contributed by atoms with Gasteiger partial charge >= 0.3 is 11.9 Å². The van der Waals surface area contributed by atoms with E-state index in [4.69, 9.17) is 9.47 Å². The molecule has 3 aliphatic rings. The monoisotopic (exact) mass is 344 g/mol. The van der Waals surface area contributed by atoms with Crippen molar-refractivity contribution in [3.8, 4) is 0 Å². The van der Waals surface area contributed by atoms with Crippen LogP contribution < -0.4 is 0 Å². The van der Waals surface area contributed by atoms with Crippen molar-refractivity contribution >= 4 is 11.9 Å². The number of esters is 2. The van der Waals surface area contributed by atoms with E-state index < -0.39 is 35.7 Å². The molecule has 0 aromatic heterocycles. The summed E-state index contributed by atoms with van der Waals surface area (Å²) in [5, 5.41) is 10.8. The summed E-state index contributed by atoms with van der Waals surface area (Å²) in [6, 6.07) is 0. The minimum absolute atomic E-state index is 0.303. The first kappa shape index (κ1) is 17.7. The molecular weight excluding hydrogens is 320 g/mol. The molecule has 0 spiro atoms. The van der Waals surface area contributed by atoms with E-state index >= 15 is 0 Å². The van der Waals surface area contributed by atoms with E-state index in [0.717, 1.165) is 11.1 Å². The number of aliphatic hydroxyl groups is 1. The zero-order valence-electron chi connectivity index (χ0n) is 15.0. The van der Waals surface area contributed by atoms with Crippen molar-refractivity contribution in [2.75, 3.05) is 0 Å². The zero-order valence-corrected chi connectivity index (χ0v) is 15.0. The Bertz CT molecular complexity index is 737. The number of fused-ring (bicyclic) bond motifs is 3. The van der Waals surface area contributed by atoms with Crippen molar-refractivity contribution in [1.29, 1.82) is 0 Å². The second-order valence-corrected chi connectivity index (χ2v) is 7.31. The summed E-state index contributed by atoms with van der Waals surface area (Å²) in [5.41, 5.74) is 1.66. The van der Waals surface area contributed by atoms with Gasteiger partial charge in [-0.25, -0.2) is 9.59 Å². The van der Waals surface area contributed by atoms with Crippen LogP contribution in [0.15, 0.2) is 47.1 Å². The van der Waals surface area contributed by atoms with Gasteiger partial charge in [-0.2, -0.15) is 0 Å². The molecule has 0 bridgehead atoms. The summed E-state index contributed by atoms with van der Waals surface area (Å²) >= 11 is 0. The number of rotatable bonds is 2. The van der Waals surface area contributed by atoms with Gasteiger partial charge in [-0.1, -0.05) is 30.4 Å². The molecule has 0 amide bonds. The molecule has 1 saturated heterocycles. The molecular formula is C20H24O5. The Morgan fingerprint density at radius 1 is 1.52 bits per heavy atom. The van der Waals surface area contributed by atoms with Crippen molar-refractivity contribution < 1.29 is 24.2 Å². The average molecular weight is 344 g/mol. The van der Waals surface area contributed by atoms with E-state index in [-0.39, 0.29) is 5.92 Å². The lowest BCUT2D eigenvalue weighted by molar-refractivity contribution is -0.150. The maximum Gasteiger partial charge on any atom is 0.334 e. The van der Waals surface area contributed by atoms with Crippen molar-refractivity contribution in [3.05, 3.63) is 47.1 Å². The van der Waals surface area contributed by atoms with Crippen molar-refractivity contribution in [1.82, 2.24) is 0 Å². The van der Waals surface area contributed by atoms with Crippen molar-refractivity contribution in [2.24, 2.45) is 11.8 Å². The van der Waals surface area contributed by atoms with E-state index in [0.29, 0.717) is 17.6 Å². The summed E-state index contributed by atoms with van der Waals surface area (Å²) in [6.45, 7) is 11.0. The van der Waals surface area contributed by atoms with E-state index in [1.165, 1.54) is 0 Å². The molecule has 1 fully saturated rings. The Morgan fingerprint density at radius 2 is 2.20 bits per heavy atom. The largest absolute Gasteiger partial charge is 0.458 e. The molecule has 1 aliphatic heterocycles. The van der Waals surface area contributed by atoms with Crippen LogP contribution in [0.3, 0.4) is 0 Å². The van der Waals surface area contributed by atoms with Gasteiger partial charge in [0.1, 0.15) is 12.2 Å². The van der Waals surface area contributed by atoms with Crippen molar-refractivity contribution in [2.45, 2.75) is 51.9 Å². The van der Waals surface area contributed by atoms with Crippen LogP contribution in [0.2, 0.25) is 0 Å². The average Bonchev–Trinajstić information content (AvgIpc) is 2.97. The second kappa shape index (κ2) is 5.99. The van der Waals surface area contributed by atoms with Crippen molar-refractivity contribution in [3.63, 3.8) is 0 Å². The van der Waals surface area contributed by atoms with Gasteiger partial charge in [0.2, 0.25) is 0 Å². The third-order valence-corrected chi connectivity index (χ3v) is 5.57. The second-order valence-electron chi connectivity index (χ2n) is 7.31. The fourth-order valence-electron chi connectivity index (χ4n) is 4.03. The molecule has 0 saturated carbocycles. The fourth-order valence-corrected chi connectivity index (χ4v) is 4.03. The van der Waals surface area contributed by atoms with Gasteiger partial charge < -0.3 is 14.6 Å². The molecule has 5 atom stereocenters. The third kappa shape index (κ3) is 2.76. The molecule has 25 heavy (non-hydrogen) atoms. The lowest BCUT2D eigenvalue weighted by atomic mass is 9.78. The van der Waals surface area contributed by atoms with Crippen LogP contribution in [0, 0.1) is 11.8 Å². The summed E-state index contributed by atoms with van der Waals surface area (Å²) in [5.74, 6) is -1.75. The fraction of sp³-hybridized carbons (Fsp3) is 0.500. The van der Waals surface area contributed by atoms with Gasteiger partial charge in [0.25, 0.3) is 0 Å². The van der Waals surface area contributed by atoms with E-state index in [2.05, 4.69) is 6.58 Å². The SMILES string of the molecule is C=C1C(=O)O[C@H]2[C@H]1[C@@H](OC(=O)/C(C)=C/C)CC(C)=C1C=C[C@](C)(O)[C@@H]12. The van der Waals surface area contributed by atoms with Gasteiger partial charge in [-0.15, -0.1) is 0 Å². The predicted octanol–water partition coefficient (Wildman–Crippen LogP) is 2.62. The zero-order chi connectivity index (χ0) is 18.5. The maximum atomic E-state index is 12.3. The molecule has 1 heterocycles. The molecule has 2 aliphatic carbocycles. The highest BCUT2D eigenvalue weighted by molar-refractivity contribution is 5.92. The summed E-state index contributed by atoms with van der Waals surface area (Å²) in [7, 11) is 0. The smallest absolute Gasteiger partial charge is 0.334 e. The van der Waals surface area contributed by atoms with Crippen LogP contribution in [-0.4, -0.2) is 34.9 Å². The van der Waals surface area contributed by atoms with Gasteiger partial charge in [-0.05, 0) is 33.3 Å². The molecule has 0 unspecified atom stereocenters. The van der Waals surface area contributed by atoms with Gasteiger partial charge in [0.15, 0.2) is 0 Å². The lowest BCUT2D eigenvalue weighted by Crippen LogP contribution is -2.43. The first-order valence-electron chi connectivity index (χ1n) is 8.52. The standard InChI is InChI=1S/C20H24O5/c1-6-10(2)18(21)24-14-9-11(3)13-7-8-20(5,23)16(13)17-15(14)12(4)19(22)25-17/h6-8,14-17,23H,4,9H2,1-3,5H3/b10-6+/t14-,15+,16-,17-,20-/m0/s1. The number of carbonyl (C=O) groups excluding carboxylic acids is 2. The Labute approximate surface area is 147 Å². The molecule has 5 nitrogen and oxygen atoms in total. The quantitative estimate of drug-likeness (QED) is 0.616. The van der Waals surface area contributed by atoms with Gasteiger partial charge in [0.05, 0.1) is 17.4 Å². The minimum atomic E-state index is -1.12. The van der Waals surface area contributed by atoms with Crippen LogP contribution in [0.1, 0.15) is 34.1 Å². The molecule has 134 valence electrons. The summed E-state index contributed by atoms with van der Waals surface area (Å²) in [6.07, 6.45) is 4.64. The van der Waals surface area contributed by atoms with Crippen LogP contribution in [0.4, 0.5) is 0 Å².